The number of alkyl halides is 3. The SMILES string of the molecule is Cc1ncc([N+](=O)[O-])n1CC(=O)N1CCN(c2cccc(C(F)(F)F)c2)CC1. The maximum absolute atomic E-state index is 12.9. The molecule has 0 bridgehead atoms. The van der Waals surface area contributed by atoms with Crippen molar-refractivity contribution in [1.82, 2.24) is 14.5 Å². The molecule has 1 aliphatic heterocycles. The second kappa shape index (κ2) is 7.49. The fourth-order valence-corrected chi connectivity index (χ4v) is 3.13. The molecule has 2 heterocycles. The van der Waals surface area contributed by atoms with Crippen LogP contribution < -0.4 is 4.90 Å². The molecule has 28 heavy (non-hydrogen) atoms. The van der Waals surface area contributed by atoms with Crippen LogP contribution in [0.25, 0.3) is 0 Å². The number of imidazole rings is 1. The van der Waals surface area contributed by atoms with Crippen LogP contribution in [0.4, 0.5) is 24.7 Å². The number of aryl methyl sites for hydroxylation is 1. The van der Waals surface area contributed by atoms with Crippen molar-refractivity contribution >= 4 is 17.4 Å². The summed E-state index contributed by atoms with van der Waals surface area (Å²) in [6, 6.07) is 5.07. The maximum atomic E-state index is 12.9. The summed E-state index contributed by atoms with van der Waals surface area (Å²) in [5.74, 6) is -0.191. The third-order valence-corrected chi connectivity index (χ3v) is 4.69. The molecular weight excluding hydrogens is 379 g/mol. The number of halogens is 3. The molecule has 1 aromatic heterocycles. The lowest BCUT2D eigenvalue weighted by Crippen LogP contribution is -2.49. The molecular formula is C17H18F3N5O3. The molecule has 0 spiro atoms. The number of anilines is 1. The molecule has 8 nitrogen and oxygen atoms in total. The number of piperazine rings is 1. The van der Waals surface area contributed by atoms with Gasteiger partial charge in [-0.2, -0.15) is 13.2 Å². The highest BCUT2D eigenvalue weighted by Crippen LogP contribution is 2.31. The molecule has 0 N–H and O–H groups in total. The Kier molecular flexibility index (Phi) is 5.25. The fraction of sp³-hybridized carbons (Fsp3) is 0.412. The molecule has 0 aliphatic carbocycles. The van der Waals surface area contributed by atoms with Gasteiger partial charge in [0.2, 0.25) is 0 Å². The summed E-state index contributed by atoms with van der Waals surface area (Å²) >= 11 is 0. The van der Waals surface area contributed by atoms with Crippen LogP contribution in [0.1, 0.15) is 11.4 Å². The highest BCUT2D eigenvalue weighted by Gasteiger charge is 2.31. The van der Waals surface area contributed by atoms with E-state index in [9.17, 15) is 28.1 Å². The number of nitrogens with zero attached hydrogens (tertiary/aromatic N) is 5. The second-order valence-corrected chi connectivity index (χ2v) is 6.42. The molecule has 1 amide bonds. The van der Waals surface area contributed by atoms with Gasteiger partial charge < -0.3 is 19.9 Å². The number of carbonyl (C=O) groups is 1. The first-order valence-electron chi connectivity index (χ1n) is 8.53. The lowest BCUT2D eigenvalue weighted by Gasteiger charge is -2.36. The maximum Gasteiger partial charge on any atom is 0.416 e. The zero-order chi connectivity index (χ0) is 20.5. The predicted molar refractivity (Wildman–Crippen MR) is 93.9 cm³/mol. The van der Waals surface area contributed by atoms with Crippen LogP contribution >= 0.6 is 0 Å². The summed E-state index contributed by atoms with van der Waals surface area (Å²) in [6.07, 6.45) is -3.31. The number of benzene rings is 1. The van der Waals surface area contributed by atoms with Gasteiger partial charge in [-0.05, 0) is 23.1 Å². The van der Waals surface area contributed by atoms with Gasteiger partial charge in [-0.25, -0.2) is 9.55 Å². The van der Waals surface area contributed by atoms with Gasteiger partial charge >= 0.3 is 12.0 Å². The van der Waals surface area contributed by atoms with E-state index in [0.717, 1.165) is 18.3 Å². The van der Waals surface area contributed by atoms with Crippen molar-refractivity contribution < 1.29 is 22.9 Å². The number of aromatic nitrogens is 2. The smallest absolute Gasteiger partial charge is 0.368 e. The minimum absolute atomic E-state index is 0.203. The predicted octanol–water partition coefficient (Wildman–Crippen LogP) is 2.47. The van der Waals surface area contributed by atoms with Crippen molar-refractivity contribution in [1.29, 1.82) is 0 Å². The summed E-state index contributed by atoms with van der Waals surface area (Å²) in [7, 11) is 0. The van der Waals surface area contributed by atoms with Crippen LogP contribution in [0.3, 0.4) is 0 Å². The Morgan fingerprint density at radius 2 is 1.93 bits per heavy atom. The van der Waals surface area contributed by atoms with Crippen LogP contribution in [0.15, 0.2) is 30.5 Å². The topological polar surface area (TPSA) is 84.5 Å². The number of hydrogen-bond donors (Lipinski definition) is 0. The number of hydrogen-bond acceptors (Lipinski definition) is 5. The Balaban J connectivity index is 1.64. The van der Waals surface area contributed by atoms with Crippen molar-refractivity contribution in [2.24, 2.45) is 0 Å². The minimum atomic E-state index is -4.41. The van der Waals surface area contributed by atoms with E-state index in [4.69, 9.17) is 0 Å². The van der Waals surface area contributed by atoms with Crippen molar-refractivity contribution in [2.45, 2.75) is 19.6 Å². The summed E-state index contributed by atoms with van der Waals surface area (Å²) in [5, 5.41) is 11.0. The molecule has 3 rings (SSSR count). The van der Waals surface area contributed by atoms with Crippen molar-refractivity contribution in [3.05, 3.63) is 52.0 Å². The van der Waals surface area contributed by atoms with Crippen LogP contribution in [0.2, 0.25) is 0 Å². The molecule has 0 atom stereocenters. The van der Waals surface area contributed by atoms with Gasteiger partial charge in [-0.1, -0.05) is 6.07 Å². The first kappa shape index (κ1) is 19.6. The largest absolute Gasteiger partial charge is 0.416 e. The van der Waals surface area contributed by atoms with E-state index >= 15 is 0 Å². The quantitative estimate of drug-likeness (QED) is 0.585. The van der Waals surface area contributed by atoms with E-state index in [1.807, 2.05) is 0 Å². The van der Waals surface area contributed by atoms with Crippen molar-refractivity contribution in [2.75, 3.05) is 31.1 Å². The van der Waals surface area contributed by atoms with Gasteiger partial charge in [0.1, 0.15) is 6.20 Å². The van der Waals surface area contributed by atoms with E-state index in [0.29, 0.717) is 37.7 Å². The summed E-state index contributed by atoms with van der Waals surface area (Å²) in [5.41, 5.74) is -0.269. The molecule has 0 saturated carbocycles. The van der Waals surface area contributed by atoms with Crippen LogP contribution in [0.5, 0.6) is 0 Å². The molecule has 2 aromatic rings. The molecule has 1 aromatic carbocycles. The molecule has 150 valence electrons. The van der Waals surface area contributed by atoms with Gasteiger partial charge in [-0.15, -0.1) is 0 Å². The first-order chi connectivity index (χ1) is 13.2. The molecule has 11 heteroatoms. The third-order valence-electron chi connectivity index (χ3n) is 4.69. The number of amides is 1. The zero-order valence-electron chi connectivity index (χ0n) is 15.0. The first-order valence-corrected chi connectivity index (χ1v) is 8.53. The van der Waals surface area contributed by atoms with Gasteiger partial charge in [0.15, 0.2) is 12.4 Å². The van der Waals surface area contributed by atoms with E-state index in [2.05, 4.69) is 4.98 Å². The van der Waals surface area contributed by atoms with Crippen molar-refractivity contribution in [3.63, 3.8) is 0 Å². The Bertz CT molecular complexity index is 888. The molecule has 1 fully saturated rings. The second-order valence-electron chi connectivity index (χ2n) is 6.42. The van der Waals surface area contributed by atoms with Gasteiger partial charge in [0.25, 0.3) is 5.91 Å². The normalized spacial score (nSPS) is 15.0. The zero-order valence-corrected chi connectivity index (χ0v) is 15.0. The lowest BCUT2D eigenvalue weighted by atomic mass is 10.1. The number of nitro groups is 1. The summed E-state index contributed by atoms with van der Waals surface area (Å²) in [4.78, 5) is 30.1. The van der Waals surface area contributed by atoms with E-state index in [1.54, 1.807) is 22.8 Å². The summed E-state index contributed by atoms with van der Waals surface area (Å²) < 4.78 is 39.9. The highest BCUT2D eigenvalue weighted by atomic mass is 19.4. The monoisotopic (exact) mass is 397 g/mol. The standard InChI is InChI=1S/C17H18F3N5O3/c1-12-21-10-15(25(27)28)24(12)11-16(26)23-7-5-22(6-8-23)14-4-2-3-13(9-14)17(18,19)20/h2-4,9-10H,5-8,11H2,1H3. The Labute approximate surface area is 158 Å². The highest BCUT2D eigenvalue weighted by molar-refractivity contribution is 5.76. The van der Waals surface area contributed by atoms with E-state index in [1.165, 1.54) is 10.6 Å². The lowest BCUT2D eigenvalue weighted by molar-refractivity contribution is -0.392. The van der Waals surface area contributed by atoms with Gasteiger partial charge in [-0.3, -0.25) is 4.79 Å². The Morgan fingerprint density at radius 1 is 1.25 bits per heavy atom. The van der Waals surface area contributed by atoms with Crippen LogP contribution in [0, 0.1) is 17.0 Å². The molecule has 0 radical (unpaired) electrons. The van der Waals surface area contributed by atoms with Gasteiger partial charge in [0, 0.05) is 38.8 Å². The minimum Gasteiger partial charge on any atom is -0.368 e. The number of rotatable bonds is 4. The van der Waals surface area contributed by atoms with Crippen LogP contribution in [-0.4, -0.2) is 51.5 Å². The molecule has 1 saturated heterocycles. The molecule has 1 aliphatic rings. The van der Waals surface area contributed by atoms with Crippen molar-refractivity contribution in [3.8, 4) is 0 Å². The van der Waals surface area contributed by atoms with E-state index in [-0.39, 0.29) is 18.3 Å². The third kappa shape index (κ3) is 4.07. The number of carbonyl (C=O) groups excluding carboxylic acids is 1. The summed E-state index contributed by atoms with van der Waals surface area (Å²) in [6.45, 7) is 2.75. The van der Waals surface area contributed by atoms with E-state index < -0.39 is 16.7 Å². The van der Waals surface area contributed by atoms with Gasteiger partial charge in [0.05, 0.1) is 5.56 Å². The average Bonchev–Trinajstić information content (AvgIpc) is 3.02. The fourth-order valence-electron chi connectivity index (χ4n) is 3.13. The average molecular weight is 397 g/mol. The van der Waals surface area contributed by atoms with Crippen LogP contribution in [-0.2, 0) is 17.5 Å². The molecule has 0 unspecified atom stereocenters. The Morgan fingerprint density at radius 3 is 2.54 bits per heavy atom. The Hall–Kier alpha value is -3.11.